The molecule has 1 aliphatic rings. The van der Waals surface area contributed by atoms with E-state index < -0.39 is 0 Å². The molecule has 24 heavy (non-hydrogen) atoms. The zero-order valence-corrected chi connectivity index (χ0v) is 12.8. The minimum Gasteiger partial charge on any atom is -0.457 e. The Labute approximate surface area is 138 Å². The monoisotopic (exact) mass is 316 g/mol. The molecule has 2 N–H and O–H groups in total. The average Bonchev–Trinajstić information content (AvgIpc) is 2.95. The van der Waals surface area contributed by atoms with Gasteiger partial charge in [0.1, 0.15) is 28.6 Å². The molecule has 0 aliphatic carbocycles. The third-order valence-electron chi connectivity index (χ3n) is 3.67. The zero-order valence-electron chi connectivity index (χ0n) is 12.8. The number of hydrazone groups is 1. The summed E-state index contributed by atoms with van der Waals surface area (Å²) in [5.74, 6) is 2.51. The van der Waals surface area contributed by atoms with Crippen molar-refractivity contribution in [1.29, 1.82) is 0 Å². The summed E-state index contributed by atoms with van der Waals surface area (Å²) < 4.78 is 7.25. The number of anilines is 1. The van der Waals surface area contributed by atoms with Crippen LogP contribution >= 0.6 is 0 Å². The van der Waals surface area contributed by atoms with Crippen LogP contribution < -0.4 is 10.5 Å². The fourth-order valence-electron chi connectivity index (χ4n) is 2.54. The number of benzene rings is 2. The van der Waals surface area contributed by atoms with Gasteiger partial charge in [-0.1, -0.05) is 23.3 Å². The van der Waals surface area contributed by atoms with Crippen molar-refractivity contribution in [2.75, 3.05) is 5.73 Å². The van der Waals surface area contributed by atoms with Crippen molar-refractivity contribution < 1.29 is 9.42 Å². The summed E-state index contributed by atoms with van der Waals surface area (Å²) in [5, 5.41) is 4.42. The first-order chi connectivity index (χ1) is 11.7. The van der Waals surface area contributed by atoms with Gasteiger partial charge >= 0.3 is 5.82 Å². The minimum atomic E-state index is 0.384. The van der Waals surface area contributed by atoms with E-state index >= 15 is 0 Å². The number of aromatic nitrogens is 2. The number of rotatable bonds is 3. The molecule has 0 spiro atoms. The van der Waals surface area contributed by atoms with Crippen molar-refractivity contribution in [3.05, 3.63) is 72.1 Å². The summed E-state index contributed by atoms with van der Waals surface area (Å²) in [7, 11) is 0. The second kappa shape index (κ2) is 5.58. The molecule has 1 aromatic heterocycles. The maximum atomic E-state index is 5.98. The van der Waals surface area contributed by atoms with Crippen molar-refractivity contribution in [2.24, 2.45) is 5.10 Å². The van der Waals surface area contributed by atoms with Crippen LogP contribution in [0.2, 0.25) is 0 Å². The lowest BCUT2D eigenvalue weighted by molar-refractivity contribution is -0.435. The molecule has 2 heterocycles. The molecular weight excluding hydrogens is 302 g/mol. The number of hydrogen-bond acceptors (Lipinski definition) is 5. The van der Waals surface area contributed by atoms with Gasteiger partial charge in [-0.25, -0.2) is 0 Å². The zero-order chi connectivity index (χ0) is 16.5. The van der Waals surface area contributed by atoms with E-state index in [1.165, 1.54) is 11.0 Å². The van der Waals surface area contributed by atoms with Crippen LogP contribution in [-0.2, 0) is 0 Å². The molecule has 0 saturated heterocycles. The van der Waals surface area contributed by atoms with Crippen molar-refractivity contribution in [1.82, 2.24) is 9.97 Å². The highest BCUT2D eigenvalue weighted by molar-refractivity contribution is 6.18. The Bertz CT molecular complexity index is 949. The van der Waals surface area contributed by atoms with Gasteiger partial charge in [0.05, 0.1) is 6.72 Å². The van der Waals surface area contributed by atoms with E-state index in [0.717, 1.165) is 17.1 Å². The van der Waals surface area contributed by atoms with Crippen LogP contribution in [0.1, 0.15) is 11.1 Å². The summed E-state index contributed by atoms with van der Waals surface area (Å²) in [5.41, 5.74) is 8.27. The molecule has 6 nitrogen and oxygen atoms in total. The molecule has 0 bridgehead atoms. The second-order valence-electron chi connectivity index (χ2n) is 5.25. The standard InChI is InChI=1S/C18H14N5O/c1-23-18-15(17(19)20-11-21-18)16(22-23)12-7-9-14(10-8-12)24-13-5-3-2-4-6-13/h2-11H,1H2,(H2,19,20,21)/q+1. The molecule has 116 valence electrons. The lowest BCUT2D eigenvalue weighted by Crippen LogP contribution is -2.06. The van der Waals surface area contributed by atoms with Gasteiger partial charge in [0.25, 0.3) is 0 Å². The predicted octanol–water partition coefficient (Wildman–Crippen LogP) is 2.96. The van der Waals surface area contributed by atoms with E-state index in [9.17, 15) is 0 Å². The van der Waals surface area contributed by atoms with E-state index in [4.69, 9.17) is 10.5 Å². The highest BCUT2D eigenvalue weighted by Crippen LogP contribution is 2.30. The number of nitrogen functional groups attached to an aromatic ring is 1. The molecule has 0 fully saturated rings. The summed E-state index contributed by atoms with van der Waals surface area (Å²) >= 11 is 0. The molecule has 1 aliphatic heterocycles. The van der Waals surface area contributed by atoms with Gasteiger partial charge in [-0.15, -0.1) is 4.68 Å². The molecule has 0 saturated carbocycles. The molecule has 0 radical (unpaired) electrons. The van der Waals surface area contributed by atoms with Gasteiger partial charge in [-0.2, -0.15) is 4.98 Å². The van der Waals surface area contributed by atoms with Gasteiger partial charge in [-0.05, 0) is 41.4 Å². The topological polar surface area (TPSA) is 76.4 Å². The predicted molar refractivity (Wildman–Crippen MR) is 92.1 cm³/mol. The molecule has 4 rings (SSSR count). The van der Waals surface area contributed by atoms with E-state index in [1.54, 1.807) is 0 Å². The molecule has 0 amide bonds. The van der Waals surface area contributed by atoms with Gasteiger partial charge in [-0.3, -0.25) is 0 Å². The Morgan fingerprint density at radius 1 is 0.917 bits per heavy atom. The van der Waals surface area contributed by atoms with Crippen LogP contribution in [-0.4, -0.2) is 27.1 Å². The molecular formula is C18H14N5O+. The van der Waals surface area contributed by atoms with E-state index in [2.05, 4.69) is 21.8 Å². The van der Waals surface area contributed by atoms with Gasteiger partial charge in [0.15, 0.2) is 0 Å². The highest BCUT2D eigenvalue weighted by atomic mass is 16.5. The molecule has 3 aromatic rings. The summed E-state index contributed by atoms with van der Waals surface area (Å²) in [4.78, 5) is 8.22. The fraction of sp³-hybridized carbons (Fsp3) is 0. The Kier molecular flexibility index (Phi) is 3.28. The Hall–Kier alpha value is -3.54. The number of para-hydroxylation sites is 1. The molecule has 2 aromatic carbocycles. The minimum absolute atomic E-state index is 0.384. The summed E-state index contributed by atoms with van der Waals surface area (Å²) in [6.45, 7) is 3.84. The second-order valence-corrected chi connectivity index (χ2v) is 5.25. The number of fused-ring (bicyclic) bond motifs is 1. The molecule has 0 unspecified atom stereocenters. The lowest BCUT2D eigenvalue weighted by atomic mass is 10.0. The lowest BCUT2D eigenvalue weighted by Gasteiger charge is -2.06. The van der Waals surface area contributed by atoms with Gasteiger partial charge < -0.3 is 10.5 Å². The fourth-order valence-corrected chi connectivity index (χ4v) is 2.54. The first-order valence-electron chi connectivity index (χ1n) is 7.36. The quantitative estimate of drug-likeness (QED) is 0.754. The number of ether oxygens (including phenoxy) is 1. The van der Waals surface area contributed by atoms with Crippen LogP contribution in [0.25, 0.3) is 0 Å². The Morgan fingerprint density at radius 3 is 2.38 bits per heavy atom. The van der Waals surface area contributed by atoms with Crippen LogP contribution in [0, 0.1) is 0 Å². The number of nitrogens with two attached hydrogens (primary N) is 1. The third kappa shape index (κ3) is 2.40. The van der Waals surface area contributed by atoms with E-state index in [-0.39, 0.29) is 0 Å². The van der Waals surface area contributed by atoms with Crippen LogP contribution in [0.5, 0.6) is 11.5 Å². The third-order valence-corrected chi connectivity index (χ3v) is 3.67. The first-order valence-corrected chi connectivity index (χ1v) is 7.36. The smallest absolute Gasteiger partial charge is 0.362 e. The van der Waals surface area contributed by atoms with Crippen LogP contribution in [0.15, 0.2) is 66.0 Å². The van der Waals surface area contributed by atoms with E-state index in [0.29, 0.717) is 22.9 Å². The van der Waals surface area contributed by atoms with Crippen molar-refractivity contribution in [3.8, 4) is 11.5 Å². The molecule has 6 heteroatoms. The van der Waals surface area contributed by atoms with Gasteiger partial charge in [0, 0.05) is 5.56 Å². The Morgan fingerprint density at radius 2 is 1.62 bits per heavy atom. The SMILES string of the molecule is C=[N+]1N=C(c2ccc(Oc3ccccc3)cc2)c2c(N)ncnc21. The van der Waals surface area contributed by atoms with Crippen molar-refractivity contribution in [3.63, 3.8) is 0 Å². The van der Waals surface area contributed by atoms with Crippen molar-refractivity contribution >= 4 is 24.1 Å². The number of hydrogen-bond donors (Lipinski definition) is 1. The van der Waals surface area contributed by atoms with Crippen molar-refractivity contribution in [2.45, 2.75) is 0 Å². The maximum Gasteiger partial charge on any atom is 0.362 e. The average molecular weight is 316 g/mol. The normalized spacial score (nSPS) is 12.7. The molecule has 0 atom stereocenters. The number of nitrogens with zero attached hydrogens (tertiary/aromatic N) is 4. The first kappa shape index (κ1) is 14.1. The maximum absolute atomic E-state index is 5.98. The Balaban J connectivity index is 1.65. The van der Waals surface area contributed by atoms with Crippen LogP contribution in [0.3, 0.4) is 0 Å². The summed E-state index contributed by atoms with van der Waals surface area (Å²) in [6.07, 6.45) is 1.40. The van der Waals surface area contributed by atoms with Gasteiger partial charge in [0.2, 0.25) is 6.33 Å². The van der Waals surface area contributed by atoms with Crippen LogP contribution in [0.4, 0.5) is 11.6 Å². The summed E-state index contributed by atoms with van der Waals surface area (Å²) in [6, 6.07) is 17.2. The van der Waals surface area contributed by atoms with E-state index in [1.807, 2.05) is 54.6 Å². The largest absolute Gasteiger partial charge is 0.457 e. The highest BCUT2D eigenvalue weighted by Gasteiger charge is 2.31.